The van der Waals surface area contributed by atoms with Crippen LogP contribution in [-0.4, -0.2) is 35.5 Å². The van der Waals surface area contributed by atoms with Crippen LogP contribution in [-0.2, 0) is 4.79 Å². The number of aliphatic imine (C=N–C) groups is 1. The van der Waals surface area contributed by atoms with E-state index < -0.39 is 0 Å². The van der Waals surface area contributed by atoms with E-state index in [1.165, 1.54) is 0 Å². The van der Waals surface area contributed by atoms with Crippen molar-refractivity contribution in [3.63, 3.8) is 0 Å². The number of nitrogens with zero attached hydrogens (tertiary/aromatic N) is 1. The van der Waals surface area contributed by atoms with E-state index in [2.05, 4.69) is 29.5 Å². The Hall–Kier alpha value is -0.710. The Labute approximate surface area is 102 Å². The molecule has 2 atom stereocenters. The summed E-state index contributed by atoms with van der Waals surface area (Å²) < 4.78 is 0. The summed E-state index contributed by atoms with van der Waals surface area (Å²) in [6.45, 7) is 8.47. The van der Waals surface area contributed by atoms with Crippen molar-refractivity contribution in [3.8, 4) is 0 Å². The van der Waals surface area contributed by atoms with E-state index in [-0.39, 0.29) is 18.5 Å². The van der Waals surface area contributed by atoms with E-state index in [0.29, 0.717) is 12.0 Å². The van der Waals surface area contributed by atoms with Gasteiger partial charge in [0.25, 0.3) is 0 Å². The quantitative estimate of drug-likeness (QED) is 0.784. The zero-order chi connectivity index (χ0) is 12.1. The molecule has 2 N–H and O–H groups in total. The molecule has 0 aromatic carbocycles. The van der Waals surface area contributed by atoms with Crippen molar-refractivity contribution >= 4 is 22.8 Å². The van der Waals surface area contributed by atoms with Crippen LogP contribution in [0.5, 0.6) is 0 Å². The molecule has 0 aromatic heterocycles. The number of nitrogens with one attached hydrogen (secondary N) is 2. The predicted octanol–water partition coefficient (Wildman–Crippen LogP) is 1.23. The van der Waals surface area contributed by atoms with Crippen LogP contribution in [0.1, 0.15) is 27.7 Å². The van der Waals surface area contributed by atoms with Gasteiger partial charge in [0.05, 0.1) is 0 Å². The molecule has 0 spiro atoms. The van der Waals surface area contributed by atoms with E-state index >= 15 is 0 Å². The van der Waals surface area contributed by atoms with Gasteiger partial charge < -0.3 is 10.6 Å². The molecule has 16 heavy (non-hydrogen) atoms. The second-order valence-corrected chi connectivity index (χ2v) is 5.57. The van der Waals surface area contributed by atoms with Crippen LogP contribution in [0, 0.1) is 5.92 Å². The molecule has 1 aliphatic heterocycles. The van der Waals surface area contributed by atoms with Gasteiger partial charge in [0.15, 0.2) is 5.17 Å². The molecule has 2 unspecified atom stereocenters. The van der Waals surface area contributed by atoms with Gasteiger partial charge in [0.2, 0.25) is 5.91 Å². The van der Waals surface area contributed by atoms with Gasteiger partial charge in [-0.2, -0.15) is 0 Å². The summed E-state index contributed by atoms with van der Waals surface area (Å²) in [6.07, 6.45) is 0. The standard InChI is InChI=1S/C11H21N3OS/c1-7(2)13-10(15)5-12-11-14-9(4)8(3)6-16-11/h7-9H,5-6H2,1-4H3,(H,12,14)(H,13,15). The number of rotatable bonds is 3. The molecule has 0 aromatic rings. The highest BCUT2D eigenvalue weighted by atomic mass is 32.2. The molecule has 1 fully saturated rings. The normalized spacial score (nSPS) is 27.9. The third kappa shape index (κ3) is 4.43. The van der Waals surface area contributed by atoms with Crippen LogP contribution in [0.3, 0.4) is 0 Å². The maximum absolute atomic E-state index is 11.4. The molecule has 0 aliphatic carbocycles. The van der Waals surface area contributed by atoms with E-state index in [1.54, 1.807) is 11.8 Å². The van der Waals surface area contributed by atoms with Crippen molar-refractivity contribution in [1.82, 2.24) is 10.6 Å². The van der Waals surface area contributed by atoms with Gasteiger partial charge in [-0.15, -0.1) is 0 Å². The van der Waals surface area contributed by atoms with Crippen LogP contribution >= 0.6 is 11.8 Å². The van der Waals surface area contributed by atoms with Gasteiger partial charge in [-0.05, 0) is 26.7 Å². The average molecular weight is 243 g/mol. The van der Waals surface area contributed by atoms with Crippen LogP contribution < -0.4 is 10.6 Å². The molecule has 1 aliphatic rings. The molecule has 0 radical (unpaired) electrons. The summed E-state index contributed by atoms with van der Waals surface area (Å²) in [5.74, 6) is 1.70. The molecule has 1 heterocycles. The first-order valence-electron chi connectivity index (χ1n) is 5.72. The molecule has 4 nitrogen and oxygen atoms in total. The maximum atomic E-state index is 11.4. The van der Waals surface area contributed by atoms with Crippen molar-refractivity contribution < 1.29 is 4.79 Å². The van der Waals surface area contributed by atoms with Crippen LogP contribution in [0.25, 0.3) is 0 Å². The smallest absolute Gasteiger partial charge is 0.241 e. The van der Waals surface area contributed by atoms with Gasteiger partial charge in [-0.25, -0.2) is 0 Å². The minimum Gasteiger partial charge on any atom is -0.362 e. The largest absolute Gasteiger partial charge is 0.362 e. The van der Waals surface area contributed by atoms with Gasteiger partial charge in [0.1, 0.15) is 6.54 Å². The molecule has 1 saturated heterocycles. The highest BCUT2D eigenvalue weighted by Gasteiger charge is 2.20. The Morgan fingerprint density at radius 2 is 2.31 bits per heavy atom. The Balaban J connectivity index is 2.37. The van der Waals surface area contributed by atoms with E-state index in [0.717, 1.165) is 10.9 Å². The first-order chi connectivity index (χ1) is 7.49. The second-order valence-electron chi connectivity index (χ2n) is 4.56. The van der Waals surface area contributed by atoms with Crippen LogP contribution in [0.2, 0.25) is 0 Å². The van der Waals surface area contributed by atoms with E-state index in [4.69, 9.17) is 0 Å². The van der Waals surface area contributed by atoms with Crippen molar-refractivity contribution in [3.05, 3.63) is 0 Å². The fourth-order valence-corrected chi connectivity index (χ4v) is 2.47. The van der Waals surface area contributed by atoms with Gasteiger partial charge in [-0.1, -0.05) is 18.7 Å². The lowest BCUT2D eigenvalue weighted by molar-refractivity contribution is -0.120. The number of hydrogen-bond donors (Lipinski definition) is 2. The zero-order valence-electron chi connectivity index (χ0n) is 10.4. The fraction of sp³-hybridized carbons (Fsp3) is 0.818. The minimum absolute atomic E-state index is 0.0174. The molecular formula is C11H21N3OS. The predicted molar refractivity (Wildman–Crippen MR) is 69.8 cm³/mol. The first-order valence-corrected chi connectivity index (χ1v) is 6.70. The lowest BCUT2D eigenvalue weighted by Gasteiger charge is -2.28. The summed E-state index contributed by atoms with van der Waals surface area (Å²) in [5.41, 5.74) is 0. The number of amidine groups is 1. The van der Waals surface area contributed by atoms with Gasteiger partial charge in [0, 0.05) is 17.8 Å². The summed E-state index contributed by atoms with van der Waals surface area (Å²) in [5, 5.41) is 7.02. The van der Waals surface area contributed by atoms with Crippen LogP contribution in [0.4, 0.5) is 0 Å². The van der Waals surface area contributed by atoms with Gasteiger partial charge >= 0.3 is 0 Å². The third-order valence-corrected chi connectivity index (χ3v) is 3.72. The monoisotopic (exact) mass is 243 g/mol. The number of carbonyl (C=O) groups excluding carboxylic acids is 1. The molecule has 1 rings (SSSR count). The van der Waals surface area contributed by atoms with Crippen molar-refractivity contribution in [2.45, 2.75) is 39.8 Å². The molecule has 0 saturated carbocycles. The van der Waals surface area contributed by atoms with Gasteiger partial charge in [-0.3, -0.25) is 9.79 Å². The maximum Gasteiger partial charge on any atom is 0.241 e. The SMILES string of the molecule is CC(C)NC(=O)CN=C1NC(C)C(C)CS1. The number of carbonyl (C=O) groups is 1. The first kappa shape index (κ1) is 13.4. The Bertz CT molecular complexity index is 278. The average Bonchev–Trinajstić information content (AvgIpc) is 2.19. The second kappa shape index (κ2) is 6.13. The molecule has 5 heteroatoms. The summed E-state index contributed by atoms with van der Waals surface area (Å²) >= 11 is 1.69. The topological polar surface area (TPSA) is 53.5 Å². The Morgan fingerprint density at radius 1 is 1.62 bits per heavy atom. The van der Waals surface area contributed by atoms with E-state index in [1.807, 2.05) is 13.8 Å². The van der Waals surface area contributed by atoms with Crippen LogP contribution in [0.15, 0.2) is 4.99 Å². The lowest BCUT2D eigenvalue weighted by Crippen LogP contribution is -2.42. The highest BCUT2D eigenvalue weighted by molar-refractivity contribution is 8.13. The number of amides is 1. The van der Waals surface area contributed by atoms with Crippen molar-refractivity contribution in [2.75, 3.05) is 12.3 Å². The lowest BCUT2D eigenvalue weighted by atomic mass is 10.1. The van der Waals surface area contributed by atoms with Crippen molar-refractivity contribution in [1.29, 1.82) is 0 Å². The van der Waals surface area contributed by atoms with E-state index in [9.17, 15) is 4.79 Å². The third-order valence-electron chi connectivity index (χ3n) is 2.50. The molecule has 0 bridgehead atoms. The molecular weight excluding hydrogens is 222 g/mol. The van der Waals surface area contributed by atoms with Crippen molar-refractivity contribution in [2.24, 2.45) is 10.9 Å². The minimum atomic E-state index is -0.0174. The Kier molecular flexibility index (Phi) is 5.12. The highest BCUT2D eigenvalue weighted by Crippen LogP contribution is 2.18. The molecule has 1 amide bonds. The Morgan fingerprint density at radius 3 is 2.88 bits per heavy atom. The summed E-state index contributed by atoms with van der Waals surface area (Å²) in [6, 6.07) is 0.617. The number of hydrogen-bond acceptors (Lipinski definition) is 3. The molecule has 92 valence electrons. The fourth-order valence-electron chi connectivity index (χ4n) is 1.34. The number of thioether (sulfide) groups is 1. The summed E-state index contributed by atoms with van der Waals surface area (Å²) in [7, 11) is 0. The zero-order valence-corrected chi connectivity index (χ0v) is 11.2. The summed E-state index contributed by atoms with van der Waals surface area (Å²) in [4.78, 5) is 15.7.